The highest BCUT2D eigenvalue weighted by molar-refractivity contribution is 4.99. The zero-order valence-corrected chi connectivity index (χ0v) is 29.2. The van der Waals surface area contributed by atoms with Gasteiger partial charge >= 0.3 is 0 Å². The second-order valence-corrected chi connectivity index (χ2v) is 13.9. The van der Waals surface area contributed by atoms with Crippen LogP contribution >= 0.6 is 0 Å². The van der Waals surface area contributed by atoms with E-state index in [1.54, 1.807) is 0 Å². The third-order valence-electron chi connectivity index (χ3n) is 10.3. The molecule has 0 aromatic rings. The molecule has 0 aliphatic carbocycles. The maximum absolute atomic E-state index is 11.1. The van der Waals surface area contributed by atoms with Gasteiger partial charge in [-0.2, -0.15) is 0 Å². The fourth-order valence-electron chi connectivity index (χ4n) is 7.03. The molecule has 5 unspecified atom stereocenters. The number of aliphatic hydroxyl groups is 17. The van der Waals surface area contributed by atoms with E-state index in [2.05, 4.69) is 0 Å². The van der Waals surface area contributed by atoms with Gasteiger partial charge in [0.1, 0.15) is 122 Å². The van der Waals surface area contributed by atoms with E-state index in [1.807, 2.05) is 0 Å². The molecule has 0 aromatic heterocycles. The number of aliphatic hydroxyl groups excluding tert-OH is 17. The lowest BCUT2D eigenvalue weighted by Crippen LogP contribution is -2.68. The highest BCUT2D eigenvalue weighted by Crippen LogP contribution is 2.35. The molecule has 5 rings (SSSR count). The first-order chi connectivity index (χ1) is 26.5. The van der Waals surface area contributed by atoms with E-state index in [1.165, 1.54) is 0 Å². The van der Waals surface area contributed by atoms with Crippen LogP contribution in [0.2, 0.25) is 0 Å². The predicted molar refractivity (Wildman–Crippen MR) is 167 cm³/mol. The molecular formula is C30H52O26. The fraction of sp³-hybridized carbons (Fsp3) is 1.00. The highest BCUT2D eigenvalue weighted by atomic mass is 16.8. The van der Waals surface area contributed by atoms with Crippen molar-refractivity contribution in [3.63, 3.8) is 0 Å². The minimum absolute atomic E-state index is 0.811. The summed E-state index contributed by atoms with van der Waals surface area (Å²) in [5.74, 6) is 0. The molecule has 17 N–H and O–H groups in total. The summed E-state index contributed by atoms with van der Waals surface area (Å²) in [7, 11) is 0. The van der Waals surface area contributed by atoms with Gasteiger partial charge in [-0.25, -0.2) is 0 Å². The second-order valence-electron chi connectivity index (χ2n) is 13.9. The smallest absolute Gasteiger partial charge is 0.187 e. The summed E-state index contributed by atoms with van der Waals surface area (Å²) < 4.78 is 49.1. The molecule has 25 atom stereocenters. The zero-order valence-electron chi connectivity index (χ0n) is 29.2. The number of ether oxygens (including phenoxy) is 9. The average molecular weight is 829 g/mol. The van der Waals surface area contributed by atoms with Crippen LogP contribution in [0.15, 0.2) is 0 Å². The van der Waals surface area contributed by atoms with E-state index in [-0.39, 0.29) is 0 Å². The standard InChI is InChI=1S/C30H52O26/c31-1-6-11(36)12(37)18(43)27(49-6)54-23-8(3-33)51-29(20(45)14(23)39)56-25-10(5-35)52-30(21(46)16(25)41)55-24-9(4-34)50-28(19(44)15(24)40)53-22-7(2-32)48-26(47)17(42)13(22)38/h6-47H,1-5H2/t6-,7-,8-,9-,10-,11-,12+,13-,14-,15-,16-,17-,18-,19-,20-,21-,22-,23-,24-,25-,26?,27?,28?,29?,30?/m0/s1. The molecule has 328 valence electrons. The van der Waals surface area contributed by atoms with Crippen molar-refractivity contribution in [1.82, 2.24) is 0 Å². The van der Waals surface area contributed by atoms with Crippen LogP contribution in [0.5, 0.6) is 0 Å². The molecule has 26 heteroatoms. The zero-order chi connectivity index (χ0) is 41.3. The molecule has 0 aromatic carbocycles. The van der Waals surface area contributed by atoms with E-state index >= 15 is 0 Å². The maximum atomic E-state index is 11.1. The molecule has 5 saturated heterocycles. The molecule has 5 aliphatic rings. The summed E-state index contributed by atoms with van der Waals surface area (Å²) in [5, 5.41) is 176. The van der Waals surface area contributed by atoms with Gasteiger partial charge in [0.15, 0.2) is 31.5 Å². The van der Waals surface area contributed by atoms with Crippen molar-refractivity contribution in [2.45, 2.75) is 154 Å². The van der Waals surface area contributed by atoms with Gasteiger partial charge in [0, 0.05) is 0 Å². The molecule has 5 fully saturated rings. The quantitative estimate of drug-likeness (QED) is 0.0819. The van der Waals surface area contributed by atoms with Crippen LogP contribution < -0.4 is 0 Å². The third kappa shape index (κ3) is 9.16. The van der Waals surface area contributed by atoms with Crippen molar-refractivity contribution >= 4 is 0 Å². The molecule has 0 bridgehead atoms. The van der Waals surface area contributed by atoms with Gasteiger partial charge in [0.2, 0.25) is 0 Å². The van der Waals surface area contributed by atoms with Crippen LogP contribution in [0.1, 0.15) is 0 Å². The molecule has 0 saturated carbocycles. The Bertz CT molecular complexity index is 1200. The van der Waals surface area contributed by atoms with Gasteiger partial charge in [-0.3, -0.25) is 0 Å². The molecule has 56 heavy (non-hydrogen) atoms. The Morgan fingerprint density at radius 2 is 0.518 bits per heavy atom. The normalized spacial score (nSPS) is 53.2. The molecule has 26 nitrogen and oxygen atoms in total. The van der Waals surface area contributed by atoms with Crippen molar-refractivity contribution in [2.24, 2.45) is 0 Å². The predicted octanol–water partition coefficient (Wildman–Crippen LogP) is -11.9. The largest absolute Gasteiger partial charge is 0.394 e. The lowest BCUT2D eigenvalue weighted by Gasteiger charge is -2.49. The summed E-state index contributed by atoms with van der Waals surface area (Å²) in [4.78, 5) is 0. The molecule has 5 aliphatic heterocycles. The Hall–Kier alpha value is -1.04. The number of rotatable bonds is 13. The van der Waals surface area contributed by atoms with Gasteiger partial charge < -0.3 is 129 Å². The van der Waals surface area contributed by atoms with Crippen LogP contribution in [-0.2, 0) is 42.6 Å². The summed E-state index contributed by atoms with van der Waals surface area (Å²) in [6, 6.07) is 0. The van der Waals surface area contributed by atoms with Crippen molar-refractivity contribution in [2.75, 3.05) is 33.0 Å². The minimum atomic E-state index is -2.12. The molecule has 0 spiro atoms. The molecule has 0 radical (unpaired) electrons. The van der Waals surface area contributed by atoms with E-state index in [0.717, 1.165) is 0 Å². The Labute approximate surface area is 316 Å². The first-order valence-corrected chi connectivity index (χ1v) is 17.6. The van der Waals surface area contributed by atoms with Crippen LogP contribution in [0.3, 0.4) is 0 Å². The third-order valence-corrected chi connectivity index (χ3v) is 10.3. The summed E-state index contributed by atoms with van der Waals surface area (Å²) in [6.07, 6.45) is -45.8. The van der Waals surface area contributed by atoms with E-state index in [9.17, 15) is 86.8 Å². The van der Waals surface area contributed by atoms with Crippen LogP contribution in [0, 0.1) is 0 Å². The summed E-state index contributed by atoms with van der Waals surface area (Å²) >= 11 is 0. The molecular weight excluding hydrogens is 776 g/mol. The van der Waals surface area contributed by atoms with Crippen LogP contribution in [-0.4, -0.2) is 273 Å². The Morgan fingerprint density at radius 3 is 0.821 bits per heavy atom. The summed E-state index contributed by atoms with van der Waals surface area (Å²) in [5.41, 5.74) is 0. The van der Waals surface area contributed by atoms with E-state index in [4.69, 9.17) is 42.6 Å². The average Bonchev–Trinajstić information content (AvgIpc) is 3.19. The van der Waals surface area contributed by atoms with Gasteiger partial charge in [0.25, 0.3) is 0 Å². The Balaban J connectivity index is 1.22. The van der Waals surface area contributed by atoms with Gasteiger partial charge in [-0.15, -0.1) is 0 Å². The number of hydrogen-bond donors (Lipinski definition) is 17. The van der Waals surface area contributed by atoms with Gasteiger partial charge in [-0.1, -0.05) is 0 Å². The first kappa shape index (κ1) is 46.0. The van der Waals surface area contributed by atoms with Crippen molar-refractivity contribution in [3.8, 4) is 0 Å². The molecule has 0 amide bonds. The van der Waals surface area contributed by atoms with Crippen molar-refractivity contribution < 1.29 is 129 Å². The van der Waals surface area contributed by atoms with Crippen LogP contribution in [0.25, 0.3) is 0 Å². The Kier molecular flexibility index (Phi) is 16.1. The highest BCUT2D eigenvalue weighted by Gasteiger charge is 2.56. The van der Waals surface area contributed by atoms with Crippen molar-refractivity contribution in [3.05, 3.63) is 0 Å². The van der Waals surface area contributed by atoms with E-state index in [0.29, 0.717) is 0 Å². The molecule has 5 heterocycles. The second kappa shape index (κ2) is 19.6. The monoisotopic (exact) mass is 828 g/mol. The van der Waals surface area contributed by atoms with Gasteiger partial charge in [-0.05, 0) is 0 Å². The van der Waals surface area contributed by atoms with Gasteiger partial charge in [0.05, 0.1) is 33.0 Å². The first-order valence-electron chi connectivity index (χ1n) is 17.6. The van der Waals surface area contributed by atoms with E-state index < -0.39 is 187 Å². The number of hydrogen-bond acceptors (Lipinski definition) is 26. The lowest BCUT2D eigenvalue weighted by atomic mass is 9.95. The maximum Gasteiger partial charge on any atom is 0.187 e. The lowest BCUT2D eigenvalue weighted by molar-refractivity contribution is -0.392. The SMILES string of the molecule is OC[C@@H]1OC(O[C@@H]2[C@@H](O)[C@H](O)C(O[C@@H]3[C@@H](O)[C@H](O)C(O[C@@H]4[C@@H](O)[C@H](O)C(O[C@@H]5[C@@H](O)[C@H](O)C(O)O[C@H]5CO)O[C@H]4CO)O[C@H]3CO)O[C@H]2CO)[C@@H](O)[C@H](O)[C@H]1O. The topological polar surface area (TPSA) is 427 Å². The van der Waals surface area contributed by atoms with Crippen molar-refractivity contribution in [1.29, 1.82) is 0 Å². The fourth-order valence-corrected chi connectivity index (χ4v) is 7.03. The van der Waals surface area contributed by atoms with Crippen LogP contribution in [0.4, 0.5) is 0 Å². The Morgan fingerprint density at radius 1 is 0.268 bits per heavy atom. The minimum Gasteiger partial charge on any atom is -0.394 e. The summed E-state index contributed by atoms with van der Waals surface area (Å²) in [6.45, 7) is -4.51.